The number of β-lactam (4-membered cyclic amide) rings is 1. The predicted molar refractivity (Wildman–Crippen MR) is 154 cm³/mol. The number of allylic oxidation sites excluding steroid dienone is 1. The third-order valence-electron chi connectivity index (χ3n) is 6.25. The molecule has 0 radical (unpaired) electrons. The van der Waals surface area contributed by atoms with E-state index in [-0.39, 0.29) is 27.7 Å². The number of carbonyl (C=O) groups is 4. The molecule has 3 heterocycles. The van der Waals surface area contributed by atoms with Gasteiger partial charge in [0.15, 0.2) is 10.8 Å². The monoisotopic (exact) mass is 647 g/mol. The topological polar surface area (TPSA) is 271 Å². The Morgan fingerprint density at radius 1 is 1.20 bits per heavy atom. The quantitative estimate of drug-likeness (QED) is 0.117. The fourth-order valence-corrected chi connectivity index (χ4v) is 5.86. The number of hydrogen-bond donors (Lipinski definition) is 4. The average molecular weight is 648 g/mol. The van der Waals surface area contributed by atoms with Gasteiger partial charge in [-0.1, -0.05) is 11.2 Å². The number of thioether (sulfide) groups is 1. The van der Waals surface area contributed by atoms with Gasteiger partial charge in [-0.3, -0.25) is 34.7 Å². The minimum absolute atomic E-state index is 0.0360. The molecule has 1 saturated heterocycles. The van der Waals surface area contributed by atoms with E-state index in [1.807, 2.05) is 0 Å². The minimum Gasteiger partial charge on any atom is -0.478 e. The first kappa shape index (κ1) is 31.6. The largest absolute Gasteiger partial charge is 0.478 e. The Labute approximate surface area is 254 Å². The van der Waals surface area contributed by atoms with Crippen LogP contribution >= 0.6 is 23.1 Å². The number of carboxylic acid groups (broad SMARTS) is 2. The van der Waals surface area contributed by atoms with Gasteiger partial charge in [0.1, 0.15) is 28.4 Å². The van der Waals surface area contributed by atoms with E-state index in [0.717, 1.165) is 58.3 Å². The van der Waals surface area contributed by atoms with Crippen molar-refractivity contribution in [3.05, 3.63) is 72.4 Å². The van der Waals surface area contributed by atoms with Gasteiger partial charge in [-0.05, 0) is 31.6 Å². The highest BCUT2D eigenvalue weighted by atomic mass is 32.2. The zero-order chi connectivity index (χ0) is 32.5. The molecule has 230 valence electrons. The Morgan fingerprint density at radius 2 is 1.84 bits per heavy atom. The van der Waals surface area contributed by atoms with Crippen LogP contribution in [0.5, 0.6) is 0 Å². The van der Waals surface area contributed by atoms with E-state index in [1.165, 1.54) is 19.2 Å². The number of oxime groups is 1. The number of nitrogen functional groups attached to an aromatic ring is 1. The number of carboxylic acids is 2. The van der Waals surface area contributed by atoms with Crippen molar-refractivity contribution >= 4 is 75.1 Å². The first-order valence-corrected chi connectivity index (χ1v) is 14.1. The molecule has 2 atom stereocenters. The number of aromatic nitrogens is 1. The van der Waals surface area contributed by atoms with Crippen LogP contribution in [0.15, 0.2) is 46.1 Å². The molecule has 2 aliphatic rings. The van der Waals surface area contributed by atoms with Crippen molar-refractivity contribution in [3.8, 4) is 0 Å². The summed E-state index contributed by atoms with van der Waals surface area (Å²) in [6.45, 7) is 2.38. The molecule has 1 fully saturated rings. The van der Waals surface area contributed by atoms with Crippen molar-refractivity contribution in [3.63, 3.8) is 0 Å². The molecule has 18 nitrogen and oxygen atoms in total. The molecule has 20 heteroatoms. The van der Waals surface area contributed by atoms with Crippen LogP contribution in [0.2, 0.25) is 0 Å². The van der Waals surface area contributed by atoms with Crippen molar-refractivity contribution in [1.29, 1.82) is 0 Å². The highest BCUT2D eigenvalue weighted by Gasteiger charge is 2.54. The number of carbonyl (C=O) groups excluding carboxylic acids is 2. The Kier molecular flexibility index (Phi) is 8.67. The van der Waals surface area contributed by atoms with Crippen LogP contribution in [-0.2, 0) is 24.0 Å². The summed E-state index contributed by atoms with van der Waals surface area (Å²) >= 11 is 2.01. The summed E-state index contributed by atoms with van der Waals surface area (Å²) in [5, 5.41) is 48.8. The normalized spacial score (nSPS) is 18.5. The second-order valence-electron chi connectivity index (χ2n) is 9.52. The number of nitrogens with two attached hydrogens (primary N) is 1. The average Bonchev–Trinajstić information content (AvgIpc) is 3.39. The van der Waals surface area contributed by atoms with Gasteiger partial charge in [-0.25, -0.2) is 14.6 Å². The van der Waals surface area contributed by atoms with Crippen LogP contribution in [-0.4, -0.2) is 82.2 Å². The van der Waals surface area contributed by atoms with Crippen LogP contribution < -0.4 is 11.1 Å². The van der Waals surface area contributed by atoms with Gasteiger partial charge < -0.3 is 26.1 Å². The molecule has 4 rings (SSSR count). The maximum Gasteiger partial charge on any atom is 0.352 e. The zero-order valence-electron chi connectivity index (χ0n) is 22.5. The van der Waals surface area contributed by atoms with Crippen molar-refractivity contribution < 1.29 is 44.1 Å². The van der Waals surface area contributed by atoms with Gasteiger partial charge in [-0.2, -0.15) is 0 Å². The van der Waals surface area contributed by atoms with Crippen molar-refractivity contribution in [2.75, 3.05) is 11.5 Å². The molecule has 2 amide bonds. The lowest BCUT2D eigenvalue weighted by atomic mass is 10.0. The van der Waals surface area contributed by atoms with E-state index in [4.69, 9.17) is 10.6 Å². The van der Waals surface area contributed by atoms with Gasteiger partial charge in [0.2, 0.25) is 5.60 Å². The molecule has 1 unspecified atom stereocenters. The summed E-state index contributed by atoms with van der Waals surface area (Å²) < 4.78 is 0. The minimum atomic E-state index is -1.83. The number of aliphatic carboxylic acids is 2. The number of amides is 2. The van der Waals surface area contributed by atoms with Crippen molar-refractivity contribution in [2.45, 2.75) is 30.9 Å². The Balaban J connectivity index is 1.61. The molecular formula is C24H21N7O11S2. The molecule has 1 aromatic heterocycles. The standard InChI is InChI=1S/C24H21N7O11S2/c1-24(2,22(36)37)42-28-15(12-9-44-23(25)26-12)18(32)27-16-19(33)29-17(21(34)35)10(8-43-20(16)29)6-7-11-13(30(38)39)4-3-5-14(11)31(40)41/h3-7,9,16,20H,8H2,1-2H3,(H2,25,26)(H,27,32)(H,34,35)(H,36,37)/t16?,20-/m1/s1. The highest BCUT2D eigenvalue weighted by Crippen LogP contribution is 2.41. The number of thiazole rings is 1. The maximum atomic E-state index is 13.2. The number of rotatable bonds is 11. The fourth-order valence-electron chi connectivity index (χ4n) is 3.99. The predicted octanol–water partition coefficient (Wildman–Crippen LogP) is 1.58. The van der Waals surface area contributed by atoms with Crippen LogP contribution in [0.4, 0.5) is 16.5 Å². The van der Waals surface area contributed by atoms with E-state index in [1.54, 1.807) is 0 Å². The van der Waals surface area contributed by atoms with Gasteiger partial charge in [0.05, 0.1) is 9.85 Å². The summed E-state index contributed by atoms with van der Waals surface area (Å²) in [6.07, 6.45) is 2.19. The first-order chi connectivity index (χ1) is 20.6. The Morgan fingerprint density at radius 3 is 2.36 bits per heavy atom. The Bertz CT molecular complexity index is 1670. The van der Waals surface area contributed by atoms with Gasteiger partial charge >= 0.3 is 11.9 Å². The fraction of sp³-hybridized carbons (Fsp3) is 0.250. The van der Waals surface area contributed by atoms with Crippen LogP contribution in [0.3, 0.4) is 0 Å². The lowest BCUT2D eigenvalue weighted by Gasteiger charge is -2.49. The van der Waals surface area contributed by atoms with E-state index >= 15 is 0 Å². The summed E-state index contributed by atoms with van der Waals surface area (Å²) in [7, 11) is 0. The number of nitro benzene ring substituents is 2. The molecule has 0 spiro atoms. The molecule has 2 aromatic rings. The van der Waals surface area contributed by atoms with E-state index < -0.39 is 73.4 Å². The maximum absolute atomic E-state index is 13.2. The number of fused-ring (bicyclic) bond motifs is 1. The number of nitrogens with one attached hydrogen (secondary N) is 1. The van der Waals surface area contributed by atoms with Gasteiger partial charge in [0.25, 0.3) is 23.2 Å². The summed E-state index contributed by atoms with van der Waals surface area (Å²) in [4.78, 5) is 81.2. The smallest absolute Gasteiger partial charge is 0.352 e. The summed E-state index contributed by atoms with van der Waals surface area (Å²) in [5.74, 6) is -4.75. The SMILES string of the molecule is CC(C)(ON=C(C(=O)NC1C(=O)N2C(C(=O)O)=C(C=Cc3c([N+](=O)[O-])cccc3[N+](=O)[O-])CS[C@H]12)c1csc(N)n1)C(=O)O. The molecular weight excluding hydrogens is 626 g/mol. The zero-order valence-corrected chi connectivity index (χ0v) is 24.2. The molecule has 44 heavy (non-hydrogen) atoms. The number of anilines is 1. The van der Waals surface area contributed by atoms with E-state index in [0.29, 0.717) is 0 Å². The number of hydrogen-bond acceptors (Lipinski definition) is 14. The number of nitro groups is 2. The molecule has 5 N–H and O–H groups in total. The number of nitrogens with zero attached hydrogens (tertiary/aromatic N) is 5. The third-order valence-corrected chi connectivity index (χ3v) is 8.23. The van der Waals surface area contributed by atoms with Crippen LogP contribution in [0, 0.1) is 20.2 Å². The van der Waals surface area contributed by atoms with Crippen molar-refractivity contribution in [2.24, 2.45) is 5.16 Å². The third kappa shape index (κ3) is 6.06. The molecule has 0 bridgehead atoms. The second kappa shape index (κ2) is 12.1. The summed E-state index contributed by atoms with van der Waals surface area (Å²) in [6, 6.07) is 2.02. The molecule has 2 aliphatic heterocycles. The van der Waals surface area contributed by atoms with E-state index in [9.17, 15) is 49.6 Å². The number of benzene rings is 1. The summed E-state index contributed by atoms with van der Waals surface area (Å²) in [5.41, 5.74) is 1.31. The lowest BCUT2D eigenvalue weighted by Crippen LogP contribution is -2.71. The van der Waals surface area contributed by atoms with Crippen molar-refractivity contribution in [1.82, 2.24) is 15.2 Å². The first-order valence-electron chi connectivity index (χ1n) is 12.2. The molecule has 0 aliphatic carbocycles. The Hall–Kier alpha value is -5.37. The van der Waals surface area contributed by atoms with Crippen LogP contribution in [0.1, 0.15) is 25.1 Å². The molecule has 0 saturated carbocycles. The molecule has 1 aromatic carbocycles. The highest BCUT2D eigenvalue weighted by molar-refractivity contribution is 8.00. The van der Waals surface area contributed by atoms with Gasteiger partial charge in [0, 0.05) is 23.3 Å². The lowest BCUT2D eigenvalue weighted by molar-refractivity contribution is -0.394. The van der Waals surface area contributed by atoms with Crippen LogP contribution in [0.25, 0.3) is 6.08 Å². The van der Waals surface area contributed by atoms with Gasteiger partial charge in [-0.15, -0.1) is 23.1 Å². The second-order valence-corrected chi connectivity index (χ2v) is 11.5. The van der Waals surface area contributed by atoms with E-state index in [2.05, 4.69) is 15.5 Å².